The molecule has 0 spiro atoms. The molecule has 2 N–H and O–H groups in total. The first-order valence-electron chi connectivity index (χ1n) is 7.17. The Morgan fingerprint density at radius 2 is 1.84 bits per heavy atom. The summed E-state index contributed by atoms with van der Waals surface area (Å²) in [6.45, 7) is 4.30. The number of benzene rings is 1. The second-order valence-corrected chi connectivity index (χ2v) is 4.98. The Morgan fingerprint density at radius 3 is 2.47 bits per heavy atom. The van der Waals surface area contributed by atoms with Gasteiger partial charge in [0, 0.05) is 12.0 Å². The van der Waals surface area contributed by atoms with E-state index in [-0.39, 0.29) is 6.04 Å². The minimum atomic E-state index is -0.0890. The Labute approximate surface area is 115 Å². The molecule has 102 valence electrons. The Kier molecular flexibility index (Phi) is 4.80. The van der Waals surface area contributed by atoms with E-state index in [2.05, 4.69) is 38.1 Å². The van der Waals surface area contributed by atoms with Gasteiger partial charge in [-0.3, -0.25) is 0 Å². The maximum Gasteiger partial charge on any atom is 0.108 e. The van der Waals surface area contributed by atoms with E-state index in [1.165, 1.54) is 18.4 Å². The number of hydrogen-bond donors (Lipinski definition) is 1. The highest BCUT2D eigenvalue weighted by molar-refractivity contribution is 5.34. The summed E-state index contributed by atoms with van der Waals surface area (Å²) < 4.78 is 5.45. The third-order valence-electron chi connectivity index (χ3n) is 3.59. The zero-order valence-corrected chi connectivity index (χ0v) is 11.9. The topological polar surface area (TPSA) is 39.2 Å². The van der Waals surface area contributed by atoms with Crippen molar-refractivity contribution in [1.29, 1.82) is 0 Å². The Balaban J connectivity index is 2.13. The number of aryl methyl sites for hydroxylation is 2. The average Bonchev–Trinajstić information content (AvgIpc) is 2.93. The van der Waals surface area contributed by atoms with Crippen LogP contribution in [0, 0.1) is 0 Å². The molecule has 0 aliphatic carbocycles. The zero-order chi connectivity index (χ0) is 13.7. The maximum absolute atomic E-state index is 6.33. The van der Waals surface area contributed by atoms with Crippen LogP contribution < -0.4 is 5.73 Å². The van der Waals surface area contributed by atoms with Crippen molar-refractivity contribution in [2.45, 2.75) is 45.6 Å². The van der Waals surface area contributed by atoms with Gasteiger partial charge < -0.3 is 10.2 Å². The first-order valence-corrected chi connectivity index (χ1v) is 7.17. The summed E-state index contributed by atoms with van der Waals surface area (Å²) in [5.74, 6) is 0.988. The van der Waals surface area contributed by atoms with E-state index in [1.807, 2.05) is 6.07 Å². The molecule has 0 fully saturated rings. The van der Waals surface area contributed by atoms with Gasteiger partial charge in [0.05, 0.1) is 12.3 Å². The SMILES string of the molecule is CCCCc1ccc(C(N)c2ccoc2CC)cc1. The molecule has 0 bridgehead atoms. The molecule has 2 aromatic rings. The minimum absolute atomic E-state index is 0.0890. The van der Waals surface area contributed by atoms with Crippen LogP contribution in [0.15, 0.2) is 41.0 Å². The molecule has 0 radical (unpaired) electrons. The minimum Gasteiger partial charge on any atom is -0.469 e. The van der Waals surface area contributed by atoms with Gasteiger partial charge in [0.1, 0.15) is 5.76 Å². The highest BCUT2D eigenvalue weighted by Gasteiger charge is 2.14. The number of furan rings is 1. The fourth-order valence-electron chi connectivity index (χ4n) is 2.37. The molecule has 1 unspecified atom stereocenters. The molecule has 0 aliphatic rings. The molecule has 1 aromatic carbocycles. The van der Waals surface area contributed by atoms with Crippen molar-refractivity contribution >= 4 is 0 Å². The largest absolute Gasteiger partial charge is 0.469 e. The lowest BCUT2D eigenvalue weighted by atomic mass is 9.97. The van der Waals surface area contributed by atoms with Crippen molar-refractivity contribution in [3.63, 3.8) is 0 Å². The monoisotopic (exact) mass is 257 g/mol. The zero-order valence-electron chi connectivity index (χ0n) is 11.9. The summed E-state index contributed by atoms with van der Waals surface area (Å²) in [5.41, 5.74) is 9.97. The maximum atomic E-state index is 6.33. The summed E-state index contributed by atoms with van der Waals surface area (Å²) in [6, 6.07) is 10.6. The standard InChI is InChI=1S/C17H23NO/c1-3-5-6-13-7-9-14(10-8-13)17(18)15-11-12-19-16(15)4-2/h7-12,17H,3-6,18H2,1-2H3. The van der Waals surface area contributed by atoms with Gasteiger partial charge in [-0.05, 0) is 30.0 Å². The van der Waals surface area contributed by atoms with Crippen molar-refractivity contribution in [2.75, 3.05) is 0 Å². The van der Waals surface area contributed by atoms with Crippen LogP contribution in [-0.4, -0.2) is 0 Å². The van der Waals surface area contributed by atoms with Gasteiger partial charge >= 0.3 is 0 Å². The van der Waals surface area contributed by atoms with Gasteiger partial charge in [-0.1, -0.05) is 44.5 Å². The van der Waals surface area contributed by atoms with E-state index in [0.29, 0.717) is 0 Å². The third-order valence-corrected chi connectivity index (χ3v) is 3.59. The molecular formula is C17H23NO. The van der Waals surface area contributed by atoms with Gasteiger partial charge in [0.2, 0.25) is 0 Å². The Bertz CT molecular complexity index is 498. The Hall–Kier alpha value is -1.54. The molecule has 1 heterocycles. The summed E-state index contributed by atoms with van der Waals surface area (Å²) in [5, 5.41) is 0. The van der Waals surface area contributed by atoms with Gasteiger partial charge in [-0.15, -0.1) is 0 Å². The van der Waals surface area contributed by atoms with Crippen molar-refractivity contribution in [3.8, 4) is 0 Å². The second-order valence-electron chi connectivity index (χ2n) is 4.98. The van der Waals surface area contributed by atoms with Gasteiger partial charge in [0.25, 0.3) is 0 Å². The van der Waals surface area contributed by atoms with Crippen molar-refractivity contribution in [2.24, 2.45) is 5.73 Å². The van der Waals surface area contributed by atoms with Crippen molar-refractivity contribution in [1.82, 2.24) is 0 Å². The molecule has 1 aromatic heterocycles. The fraction of sp³-hybridized carbons (Fsp3) is 0.412. The van der Waals surface area contributed by atoms with Crippen LogP contribution in [0.1, 0.15) is 55.2 Å². The first kappa shape index (κ1) is 13.9. The predicted molar refractivity (Wildman–Crippen MR) is 79.2 cm³/mol. The fourth-order valence-corrected chi connectivity index (χ4v) is 2.37. The first-order chi connectivity index (χ1) is 9.26. The van der Waals surface area contributed by atoms with Crippen molar-refractivity contribution < 1.29 is 4.42 Å². The summed E-state index contributed by atoms with van der Waals surface area (Å²) >= 11 is 0. The van der Waals surface area contributed by atoms with Crippen LogP contribution in [0.3, 0.4) is 0 Å². The number of unbranched alkanes of at least 4 members (excludes halogenated alkanes) is 1. The molecule has 0 saturated heterocycles. The van der Waals surface area contributed by atoms with E-state index in [9.17, 15) is 0 Å². The third kappa shape index (κ3) is 3.27. The molecule has 0 saturated carbocycles. The van der Waals surface area contributed by atoms with Gasteiger partial charge in [-0.25, -0.2) is 0 Å². The second kappa shape index (κ2) is 6.58. The molecule has 19 heavy (non-hydrogen) atoms. The quantitative estimate of drug-likeness (QED) is 0.841. The molecule has 2 rings (SSSR count). The van der Waals surface area contributed by atoms with E-state index < -0.39 is 0 Å². The van der Waals surface area contributed by atoms with Crippen LogP contribution in [0.2, 0.25) is 0 Å². The normalized spacial score (nSPS) is 12.6. The molecule has 0 amide bonds. The number of rotatable bonds is 6. The lowest BCUT2D eigenvalue weighted by Crippen LogP contribution is -2.12. The van der Waals surface area contributed by atoms with Crippen LogP contribution in [0.5, 0.6) is 0 Å². The predicted octanol–water partition coefficient (Wildman–Crippen LogP) is 4.23. The summed E-state index contributed by atoms with van der Waals surface area (Å²) in [7, 11) is 0. The van der Waals surface area contributed by atoms with E-state index in [1.54, 1.807) is 6.26 Å². The summed E-state index contributed by atoms with van der Waals surface area (Å²) in [4.78, 5) is 0. The van der Waals surface area contributed by atoms with E-state index in [4.69, 9.17) is 10.2 Å². The smallest absolute Gasteiger partial charge is 0.108 e. The molecule has 2 heteroatoms. The van der Waals surface area contributed by atoms with E-state index in [0.717, 1.165) is 29.7 Å². The van der Waals surface area contributed by atoms with Crippen LogP contribution >= 0.6 is 0 Å². The number of nitrogens with two attached hydrogens (primary N) is 1. The van der Waals surface area contributed by atoms with Crippen molar-refractivity contribution in [3.05, 3.63) is 59.0 Å². The van der Waals surface area contributed by atoms with Crippen LogP contribution in [0.4, 0.5) is 0 Å². The molecular weight excluding hydrogens is 234 g/mol. The van der Waals surface area contributed by atoms with Crippen LogP contribution in [0.25, 0.3) is 0 Å². The highest BCUT2D eigenvalue weighted by Crippen LogP contribution is 2.24. The van der Waals surface area contributed by atoms with Gasteiger partial charge in [-0.2, -0.15) is 0 Å². The van der Waals surface area contributed by atoms with Crippen LogP contribution in [-0.2, 0) is 12.8 Å². The lowest BCUT2D eigenvalue weighted by Gasteiger charge is -2.12. The van der Waals surface area contributed by atoms with E-state index >= 15 is 0 Å². The Morgan fingerprint density at radius 1 is 1.11 bits per heavy atom. The number of hydrogen-bond acceptors (Lipinski definition) is 2. The molecule has 1 atom stereocenters. The average molecular weight is 257 g/mol. The summed E-state index contributed by atoms with van der Waals surface area (Å²) in [6.07, 6.45) is 6.23. The molecule has 0 aliphatic heterocycles. The van der Waals surface area contributed by atoms with Gasteiger partial charge in [0.15, 0.2) is 0 Å². The highest BCUT2D eigenvalue weighted by atomic mass is 16.3. The molecule has 2 nitrogen and oxygen atoms in total. The lowest BCUT2D eigenvalue weighted by molar-refractivity contribution is 0.509.